The van der Waals surface area contributed by atoms with Gasteiger partial charge in [-0.2, -0.15) is 5.26 Å². The molecule has 0 atom stereocenters. The van der Waals surface area contributed by atoms with Crippen LogP contribution in [0, 0.1) is 11.3 Å². The lowest BCUT2D eigenvalue weighted by atomic mass is 10.1. The van der Waals surface area contributed by atoms with E-state index in [0.717, 1.165) is 12.0 Å². The molecule has 0 fully saturated rings. The summed E-state index contributed by atoms with van der Waals surface area (Å²) in [6.07, 6.45) is 8.16. The predicted octanol–water partition coefficient (Wildman–Crippen LogP) is 3.80. The van der Waals surface area contributed by atoms with E-state index in [1.54, 1.807) is 0 Å². The number of halogens is 1. The third-order valence-electron chi connectivity index (χ3n) is 1.74. The van der Waals surface area contributed by atoms with Crippen LogP contribution in [0.1, 0.15) is 39.0 Å². The van der Waals surface area contributed by atoms with Crippen LogP contribution in [0.2, 0.25) is 0 Å². The van der Waals surface area contributed by atoms with Gasteiger partial charge in [-0.3, -0.25) is 0 Å². The van der Waals surface area contributed by atoms with Crippen LogP contribution in [-0.2, 0) is 0 Å². The fourth-order valence-corrected chi connectivity index (χ4v) is 1.33. The Kier molecular flexibility index (Phi) is 8.59. The number of allylic oxidation sites excluding steroid dienone is 2. The van der Waals surface area contributed by atoms with Gasteiger partial charge in [0, 0.05) is 10.9 Å². The fraction of sp³-hybridized carbons (Fsp3) is 0.700. The summed E-state index contributed by atoms with van der Waals surface area (Å²) >= 11 is 3.27. The van der Waals surface area contributed by atoms with E-state index in [0.29, 0.717) is 5.33 Å². The molecule has 2 heteroatoms. The summed E-state index contributed by atoms with van der Waals surface area (Å²) in [5.41, 5.74) is 0.853. The van der Waals surface area contributed by atoms with E-state index < -0.39 is 0 Å². The molecule has 0 spiro atoms. The van der Waals surface area contributed by atoms with Crippen molar-refractivity contribution in [2.45, 2.75) is 39.0 Å². The Hall–Kier alpha value is -0.290. The van der Waals surface area contributed by atoms with Crippen LogP contribution in [-0.4, -0.2) is 5.33 Å². The highest BCUT2D eigenvalue weighted by molar-refractivity contribution is 9.09. The van der Waals surface area contributed by atoms with E-state index in [2.05, 4.69) is 28.9 Å². The second kappa shape index (κ2) is 8.80. The molecule has 0 aliphatic rings. The van der Waals surface area contributed by atoms with Gasteiger partial charge >= 0.3 is 0 Å². The average molecular weight is 230 g/mol. The Morgan fingerprint density at radius 1 is 1.42 bits per heavy atom. The Labute approximate surface area is 83.6 Å². The topological polar surface area (TPSA) is 23.8 Å². The van der Waals surface area contributed by atoms with Gasteiger partial charge in [0.2, 0.25) is 0 Å². The standard InChI is InChI=1S/C10H16BrN/c1-2-3-4-5-6-7-10(8-11)9-12/h7H,2-6,8H2,1H3/b10-7-. The van der Waals surface area contributed by atoms with Crippen molar-refractivity contribution in [1.29, 1.82) is 5.26 Å². The first-order chi connectivity index (χ1) is 5.85. The molecular weight excluding hydrogens is 214 g/mol. The minimum absolute atomic E-state index is 0.692. The number of unbranched alkanes of at least 4 members (excludes halogenated alkanes) is 4. The number of hydrogen-bond acceptors (Lipinski definition) is 1. The molecule has 0 rings (SSSR count). The number of hydrogen-bond donors (Lipinski definition) is 0. The molecule has 0 saturated carbocycles. The van der Waals surface area contributed by atoms with Gasteiger partial charge < -0.3 is 0 Å². The van der Waals surface area contributed by atoms with Crippen LogP contribution in [0.25, 0.3) is 0 Å². The van der Waals surface area contributed by atoms with Gasteiger partial charge in [0.25, 0.3) is 0 Å². The molecule has 0 aliphatic heterocycles. The van der Waals surface area contributed by atoms with Gasteiger partial charge in [0.1, 0.15) is 0 Å². The molecule has 0 aromatic rings. The average Bonchev–Trinajstić information content (AvgIpc) is 2.11. The number of nitrogens with zero attached hydrogens (tertiary/aromatic N) is 1. The van der Waals surface area contributed by atoms with Gasteiger partial charge in [-0.05, 0) is 12.8 Å². The molecule has 0 unspecified atom stereocenters. The second-order valence-electron chi connectivity index (χ2n) is 2.82. The van der Waals surface area contributed by atoms with E-state index in [4.69, 9.17) is 5.26 Å². The highest BCUT2D eigenvalue weighted by atomic mass is 79.9. The summed E-state index contributed by atoms with van der Waals surface area (Å²) in [4.78, 5) is 0. The molecule has 0 aliphatic carbocycles. The van der Waals surface area contributed by atoms with E-state index in [1.807, 2.05) is 6.08 Å². The normalized spacial score (nSPS) is 11.2. The van der Waals surface area contributed by atoms with Crippen molar-refractivity contribution in [3.05, 3.63) is 11.6 Å². The highest BCUT2D eigenvalue weighted by Gasteiger charge is 1.90. The zero-order chi connectivity index (χ0) is 9.23. The van der Waals surface area contributed by atoms with Crippen LogP contribution >= 0.6 is 15.9 Å². The Morgan fingerprint density at radius 2 is 2.17 bits per heavy atom. The maximum Gasteiger partial charge on any atom is 0.0952 e. The molecule has 0 aromatic heterocycles. The SMILES string of the molecule is CCCCCC/C=C(\C#N)CBr. The van der Waals surface area contributed by atoms with Crippen LogP contribution < -0.4 is 0 Å². The zero-order valence-electron chi connectivity index (χ0n) is 7.65. The van der Waals surface area contributed by atoms with E-state index in [1.165, 1.54) is 25.7 Å². The van der Waals surface area contributed by atoms with Gasteiger partial charge in [-0.25, -0.2) is 0 Å². The molecule has 1 nitrogen and oxygen atoms in total. The van der Waals surface area contributed by atoms with Gasteiger partial charge in [0.15, 0.2) is 0 Å². The van der Waals surface area contributed by atoms with E-state index >= 15 is 0 Å². The van der Waals surface area contributed by atoms with Crippen LogP contribution in [0.15, 0.2) is 11.6 Å². The summed E-state index contributed by atoms with van der Waals surface area (Å²) < 4.78 is 0. The van der Waals surface area contributed by atoms with Crippen LogP contribution in [0.3, 0.4) is 0 Å². The van der Waals surface area contributed by atoms with E-state index in [-0.39, 0.29) is 0 Å². The molecule has 0 radical (unpaired) electrons. The zero-order valence-corrected chi connectivity index (χ0v) is 9.23. The lowest BCUT2D eigenvalue weighted by Crippen LogP contribution is -1.80. The Balaban J connectivity index is 3.40. The molecule has 0 heterocycles. The molecule has 0 aromatic carbocycles. The van der Waals surface area contributed by atoms with Crippen molar-refractivity contribution in [3.63, 3.8) is 0 Å². The summed E-state index contributed by atoms with van der Waals surface area (Å²) in [6, 6.07) is 2.16. The minimum atomic E-state index is 0.692. The monoisotopic (exact) mass is 229 g/mol. The first kappa shape index (κ1) is 11.7. The molecule has 68 valence electrons. The lowest BCUT2D eigenvalue weighted by molar-refractivity contribution is 0.674. The Morgan fingerprint density at radius 3 is 2.67 bits per heavy atom. The highest BCUT2D eigenvalue weighted by Crippen LogP contribution is 2.06. The summed E-state index contributed by atoms with van der Waals surface area (Å²) in [7, 11) is 0. The smallest absolute Gasteiger partial charge is 0.0952 e. The first-order valence-electron chi connectivity index (χ1n) is 4.50. The first-order valence-corrected chi connectivity index (χ1v) is 5.62. The third kappa shape index (κ3) is 6.42. The van der Waals surface area contributed by atoms with Gasteiger partial charge in [-0.15, -0.1) is 0 Å². The third-order valence-corrected chi connectivity index (χ3v) is 2.34. The van der Waals surface area contributed by atoms with Crippen molar-refractivity contribution < 1.29 is 0 Å². The Bertz CT molecular complexity index is 167. The van der Waals surface area contributed by atoms with Crippen molar-refractivity contribution in [2.75, 3.05) is 5.33 Å². The van der Waals surface area contributed by atoms with Crippen molar-refractivity contribution in [3.8, 4) is 6.07 Å². The summed E-state index contributed by atoms with van der Waals surface area (Å²) in [5.74, 6) is 0. The molecular formula is C10H16BrN. The molecule has 0 amide bonds. The minimum Gasteiger partial charge on any atom is -0.193 e. The summed E-state index contributed by atoms with van der Waals surface area (Å²) in [5, 5.41) is 9.27. The predicted molar refractivity (Wildman–Crippen MR) is 56.2 cm³/mol. The largest absolute Gasteiger partial charge is 0.193 e. The second-order valence-corrected chi connectivity index (χ2v) is 3.38. The van der Waals surface area contributed by atoms with Gasteiger partial charge in [-0.1, -0.05) is 48.2 Å². The van der Waals surface area contributed by atoms with Gasteiger partial charge in [0.05, 0.1) is 6.07 Å². The molecule has 12 heavy (non-hydrogen) atoms. The summed E-state index contributed by atoms with van der Waals surface area (Å²) in [6.45, 7) is 2.20. The van der Waals surface area contributed by atoms with Crippen LogP contribution in [0.5, 0.6) is 0 Å². The number of rotatable bonds is 6. The number of alkyl halides is 1. The maximum atomic E-state index is 8.58. The molecule has 0 saturated heterocycles. The van der Waals surface area contributed by atoms with Crippen LogP contribution in [0.4, 0.5) is 0 Å². The van der Waals surface area contributed by atoms with Crippen molar-refractivity contribution in [2.24, 2.45) is 0 Å². The molecule has 0 bridgehead atoms. The molecule has 0 N–H and O–H groups in total. The van der Waals surface area contributed by atoms with E-state index in [9.17, 15) is 0 Å². The van der Waals surface area contributed by atoms with Crippen molar-refractivity contribution in [1.82, 2.24) is 0 Å². The maximum absolute atomic E-state index is 8.58. The lowest BCUT2D eigenvalue weighted by Gasteiger charge is -1.94. The fourth-order valence-electron chi connectivity index (χ4n) is 0.977. The van der Waals surface area contributed by atoms with Crippen molar-refractivity contribution >= 4 is 15.9 Å². The quantitative estimate of drug-likeness (QED) is 0.386. The number of nitriles is 1.